The second kappa shape index (κ2) is 14.8. The van der Waals surface area contributed by atoms with Gasteiger partial charge < -0.3 is 9.32 Å². The molecule has 0 saturated carbocycles. The Balaban J connectivity index is 0.945. The fourth-order valence-electron chi connectivity index (χ4n) is 9.40. The van der Waals surface area contributed by atoms with Gasteiger partial charge in [0.1, 0.15) is 11.2 Å². The maximum atomic E-state index is 6.26. The zero-order chi connectivity index (χ0) is 41.0. The Hall–Kier alpha value is -8.20. The summed E-state index contributed by atoms with van der Waals surface area (Å²) in [5, 5.41) is 9.84. The van der Waals surface area contributed by atoms with Gasteiger partial charge in [0.2, 0.25) is 0 Å². The first kappa shape index (κ1) is 35.7. The first-order valence-electron chi connectivity index (χ1n) is 21.2. The van der Waals surface area contributed by atoms with E-state index in [-0.39, 0.29) is 0 Å². The lowest BCUT2D eigenvalue weighted by Gasteiger charge is -2.27. The average Bonchev–Trinajstić information content (AvgIpc) is 3.73. The third-order valence-corrected chi connectivity index (χ3v) is 12.4. The smallest absolute Gasteiger partial charge is 0.136 e. The predicted molar refractivity (Wildman–Crippen MR) is 263 cm³/mol. The maximum absolute atomic E-state index is 6.26. The quantitative estimate of drug-likeness (QED) is 0.150. The number of furan rings is 1. The van der Waals surface area contributed by atoms with Crippen LogP contribution in [0.4, 0.5) is 17.1 Å². The van der Waals surface area contributed by atoms with Crippen molar-refractivity contribution in [2.24, 2.45) is 0 Å². The van der Waals surface area contributed by atoms with Crippen molar-refractivity contribution in [3.63, 3.8) is 0 Å². The molecule has 1 aromatic heterocycles. The number of hydrogen-bond acceptors (Lipinski definition) is 2. The standard InChI is InChI=1S/C60H39NO/c1-2-13-45-37-48(30-27-40(45)11-1)47-15-8-17-51(39-47)61(49-34-31-44(32-35-49)54-21-10-24-59-60(54)57-19-5-6-23-58(57)62-59)50-16-7-14-46(38-50)41-25-28-43(29-26-41)53-20-9-22-55-52-18-4-3-12-42(52)33-36-56(53)55/h1-39H. The Bertz CT molecular complexity index is 3630. The van der Waals surface area contributed by atoms with E-state index in [0.717, 1.165) is 55.7 Å². The van der Waals surface area contributed by atoms with Crippen LogP contribution in [0, 0.1) is 0 Å². The molecule has 62 heavy (non-hydrogen) atoms. The van der Waals surface area contributed by atoms with E-state index in [1.54, 1.807) is 0 Å². The highest BCUT2D eigenvalue weighted by molar-refractivity contribution is 6.13. The summed E-state index contributed by atoms with van der Waals surface area (Å²) >= 11 is 0. The second-order valence-electron chi connectivity index (χ2n) is 16.1. The van der Waals surface area contributed by atoms with Gasteiger partial charge in [0.15, 0.2) is 0 Å². The Labute approximate surface area is 360 Å². The van der Waals surface area contributed by atoms with Crippen molar-refractivity contribution in [3.05, 3.63) is 237 Å². The van der Waals surface area contributed by atoms with E-state index < -0.39 is 0 Å². The number of anilines is 3. The molecule has 0 bridgehead atoms. The lowest BCUT2D eigenvalue weighted by molar-refractivity contribution is 0.669. The predicted octanol–water partition coefficient (Wildman–Crippen LogP) is 17.2. The summed E-state index contributed by atoms with van der Waals surface area (Å²) in [7, 11) is 0. The normalized spacial score (nSPS) is 11.5. The first-order chi connectivity index (χ1) is 30.7. The molecule has 11 aromatic carbocycles. The zero-order valence-electron chi connectivity index (χ0n) is 33.9. The monoisotopic (exact) mass is 789 g/mol. The molecular formula is C60H39NO. The number of benzene rings is 11. The highest BCUT2D eigenvalue weighted by Gasteiger charge is 2.17. The summed E-state index contributed by atoms with van der Waals surface area (Å²) in [4.78, 5) is 2.38. The molecule has 0 aliphatic heterocycles. The Morgan fingerprint density at radius 3 is 1.60 bits per heavy atom. The summed E-state index contributed by atoms with van der Waals surface area (Å²) in [6, 6.07) is 85.6. The van der Waals surface area contributed by atoms with Crippen molar-refractivity contribution in [2.75, 3.05) is 4.90 Å². The molecule has 0 unspecified atom stereocenters. The van der Waals surface area contributed by atoms with Crippen LogP contribution in [0.25, 0.3) is 98.8 Å². The summed E-state index contributed by atoms with van der Waals surface area (Å²) < 4.78 is 6.26. The van der Waals surface area contributed by atoms with E-state index in [9.17, 15) is 0 Å². The topological polar surface area (TPSA) is 16.4 Å². The van der Waals surface area contributed by atoms with Crippen molar-refractivity contribution in [1.29, 1.82) is 0 Å². The van der Waals surface area contributed by atoms with Gasteiger partial charge in [-0.3, -0.25) is 0 Å². The summed E-state index contributed by atoms with van der Waals surface area (Å²) in [5.74, 6) is 0. The van der Waals surface area contributed by atoms with Crippen LogP contribution in [-0.4, -0.2) is 0 Å². The summed E-state index contributed by atoms with van der Waals surface area (Å²) in [6.45, 7) is 0. The molecule has 2 nitrogen and oxygen atoms in total. The molecular weight excluding hydrogens is 751 g/mol. The van der Waals surface area contributed by atoms with Crippen LogP contribution in [-0.2, 0) is 0 Å². The first-order valence-corrected chi connectivity index (χ1v) is 21.2. The zero-order valence-corrected chi connectivity index (χ0v) is 33.9. The van der Waals surface area contributed by atoms with E-state index in [4.69, 9.17) is 4.42 Å². The van der Waals surface area contributed by atoms with Crippen LogP contribution in [0.2, 0.25) is 0 Å². The fraction of sp³-hybridized carbons (Fsp3) is 0. The number of fused-ring (bicyclic) bond motifs is 7. The molecule has 0 fully saturated rings. The van der Waals surface area contributed by atoms with Gasteiger partial charge in [-0.2, -0.15) is 0 Å². The van der Waals surface area contributed by atoms with Crippen LogP contribution in [0.1, 0.15) is 0 Å². The Morgan fingerprint density at radius 2 is 0.790 bits per heavy atom. The molecule has 0 N–H and O–H groups in total. The van der Waals surface area contributed by atoms with Crippen LogP contribution >= 0.6 is 0 Å². The van der Waals surface area contributed by atoms with Gasteiger partial charge in [0.25, 0.3) is 0 Å². The van der Waals surface area contributed by atoms with Gasteiger partial charge in [-0.05, 0) is 131 Å². The van der Waals surface area contributed by atoms with Crippen molar-refractivity contribution >= 4 is 71.3 Å². The Kier molecular flexibility index (Phi) is 8.53. The molecule has 12 aromatic rings. The molecule has 0 atom stereocenters. The second-order valence-corrected chi connectivity index (χ2v) is 16.1. The molecule has 0 saturated heterocycles. The van der Waals surface area contributed by atoms with Gasteiger partial charge >= 0.3 is 0 Å². The number of nitrogens with zero attached hydrogens (tertiary/aromatic N) is 1. The molecule has 290 valence electrons. The number of para-hydroxylation sites is 1. The van der Waals surface area contributed by atoms with Gasteiger partial charge in [0.05, 0.1) is 0 Å². The molecule has 1 heterocycles. The maximum Gasteiger partial charge on any atom is 0.136 e. The minimum absolute atomic E-state index is 0.899. The molecule has 0 radical (unpaired) electrons. The SMILES string of the molecule is c1cc(-c2ccc(-c3cccc4c3ccc3ccccc34)cc2)cc(N(c2ccc(-c3cccc4oc5ccccc5c34)cc2)c2cccc(-c3ccc4ccccc4c3)c2)c1. The molecule has 2 heteroatoms. The summed E-state index contributed by atoms with van der Waals surface area (Å²) in [5.41, 5.74) is 14.5. The summed E-state index contributed by atoms with van der Waals surface area (Å²) in [6.07, 6.45) is 0. The van der Waals surface area contributed by atoms with Gasteiger partial charge in [-0.25, -0.2) is 0 Å². The lowest BCUT2D eigenvalue weighted by atomic mass is 9.93. The lowest BCUT2D eigenvalue weighted by Crippen LogP contribution is -2.10. The van der Waals surface area contributed by atoms with E-state index in [0.29, 0.717) is 0 Å². The van der Waals surface area contributed by atoms with Crippen molar-refractivity contribution in [1.82, 2.24) is 0 Å². The van der Waals surface area contributed by atoms with E-state index in [1.165, 1.54) is 60.1 Å². The van der Waals surface area contributed by atoms with Crippen LogP contribution in [0.3, 0.4) is 0 Å². The average molecular weight is 790 g/mol. The fourth-order valence-corrected chi connectivity index (χ4v) is 9.40. The molecule has 12 rings (SSSR count). The van der Waals surface area contributed by atoms with Crippen molar-refractivity contribution < 1.29 is 4.42 Å². The minimum atomic E-state index is 0.899. The van der Waals surface area contributed by atoms with Crippen molar-refractivity contribution in [3.8, 4) is 44.5 Å². The van der Waals surface area contributed by atoms with Gasteiger partial charge in [-0.15, -0.1) is 0 Å². The van der Waals surface area contributed by atoms with Crippen LogP contribution in [0.5, 0.6) is 0 Å². The van der Waals surface area contributed by atoms with E-state index >= 15 is 0 Å². The highest BCUT2D eigenvalue weighted by Crippen LogP contribution is 2.42. The van der Waals surface area contributed by atoms with E-state index in [1.807, 2.05) is 12.1 Å². The van der Waals surface area contributed by atoms with Crippen LogP contribution < -0.4 is 4.90 Å². The highest BCUT2D eigenvalue weighted by atomic mass is 16.3. The number of hydrogen-bond donors (Lipinski definition) is 0. The largest absolute Gasteiger partial charge is 0.456 e. The minimum Gasteiger partial charge on any atom is -0.456 e. The Morgan fingerprint density at radius 1 is 0.258 bits per heavy atom. The molecule has 0 spiro atoms. The van der Waals surface area contributed by atoms with Gasteiger partial charge in [-0.1, -0.05) is 182 Å². The number of rotatable bonds is 7. The molecule has 0 amide bonds. The molecule has 0 aliphatic rings. The molecule has 0 aliphatic carbocycles. The van der Waals surface area contributed by atoms with Gasteiger partial charge in [0, 0.05) is 27.8 Å². The van der Waals surface area contributed by atoms with Crippen molar-refractivity contribution in [2.45, 2.75) is 0 Å². The van der Waals surface area contributed by atoms with Crippen LogP contribution in [0.15, 0.2) is 241 Å². The third kappa shape index (κ3) is 6.20. The van der Waals surface area contributed by atoms with E-state index in [2.05, 4.69) is 229 Å². The third-order valence-electron chi connectivity index (χ3n) is 12.4.